The Morgan fingerprint density at radius 1 is 1.69 bits per heavy atom. The van der Waals surface area contributed by atoms with Crippen LogP contribution in [-0.4, -0.2) is 35.9 Å². The Balaban J connectivity index is 2.16. The van der Waals surface area contributed by atoms with Crippen molar-refractivity contribution in [2.24, 2.45) is 5.92 Å². The van der Waals surface area contributed by atoms with Crippen molar-refractivity contribution >= 4 is 5.97 Å². The molecule has 0 bridgehead atoms. The lowest BCUT2D eigenvalue weighted by molar-refractivity contribution is -0.145. The van der Waals surface area contributed by atoms with E-state index in [2.05, 4.69) is 10.4 Å². The molecule has 0 aromatic carbocycles. The average Bonchev–Trinajstić information content (AvgIpc) is 2.95. The van der Waals surface area contributed by atoms with E-state index in [0.29, 0.717) is 6.54 Å². The molecule has 2 heterocycles. The van der Waals surface area contributed by atoms with Crippen molar-refractivity contribution < 1.29 is 9.53 Å². The van der Waals surface area contributed by atoms with E-state index in [4.69, 9.17) is 4.74 Å². The number of aryl methyl sites for hydroxylation is 1. The quantitative estimate of drug-likeness (QED) is 0.753. The number of hydrogen-bond acceptors (Lipinski definition) is 4. The first-order chi connectivity index (χ1) is 7.76. The molecular formula is C11H17N3O2. The number of methoxy groups -OCH3 is 1. The van der Waals surface area contributed by atoms with E-state index < -0.39 is 0 Å². The molecule has 2 unspecified atom stereocenters. The van der Waals surface area contributed by atoms with Crippen LogP contribution in [0, 0.1) is 5.92 Å². The number of carbonyl (C=O) groups is 1. The first-order valence-electron chi connectivity index (χ1n) is 5.57. The van der Waals surface area contributed by atoms with E-state index in [0.717, 1.165) is 18.7 Å². The lowest BCUT2D eigenvalue weighted by Gasteiger charge is -2.14. The fourth-order valence-corrected chi connectivity index (χ4v) is 2.17. The maximum atomic E-state index is 11.6. The van der Waals surface area contributed by atoms with E-state index in [1.165, 1.54) is 7.11 Å². The Bertz CT molecular complexity index is 375. The summed E-state index contributed by atoms with van der Waals surface area (Å²) in [6.45, 7) is 4.40. The minimum atomic E-state index is -0.140. The Kier molecular flexibility index (Phi) is 3.24. The molecule has 1 aromatic heterocycles. The van der Waals surface area contributed by atoms with Gasteiger partial charge in [0, 0.05) is 31.7 Å². The molecule has 1 aliphatic rings. The van der Waals surface area contributed by atoms with Crippen LogP contribution in [0.25, 0.3) is 0 Å². The number of nitrogens with zero attached hydrogens (tertiary/aromatic N) is 2. The van der Waals surface area contributed by atoms with Gasteiger partial charge in [0.1, 0.15) is 0 Å². The highest BCUT2D eigenvalue weighted by molar-refractivity contribution is 5.74. The van der Waals surface area contributed by atoms with E-state index in [1.54, 1.807) is 0 Å². The monoisotopic (exact) mass is 223 g/mol. The molecule has 0 saturated carbocycles. The maximum absolute atomic E-state index is 11.6. The third-order valence-corrected chi connectivity index (χ3v) is 3.12. The van der Waals surface area contributed by atoms with Gasteiger partial charge in [0.2, 0.25) is 0 Å². The molecule has 2 atom stereocenters. The van der Waals surface area contributed by atoms with E-state index in [1.807, 2.05) is 24.0 Å². The Labute approximate surface area is 94.8 Å². The van der Waals surface area contributed by atoms with Gasteiger partial charge in [0.05, 0.1) is 19.2 Å². The fraction of sp³-hybridized carbons (Fsp3) is 0.636. The fourth-order valence-electron chi connectivity index (χ4n) is 2.17. The van der Waals surface area contributed by atoms with Crippen LogP contribution in [0.1, 0.15) is 18.4 Å². The predicted molar refractivity (Wildman–Crippen MR) is 59.0 cm³/mol. The molecule has 1 fully saturated rings. The third-order valence-electron chi connectivity index (χ3n) is 3.12. The molecule has 0 amide bonds. The highest BCUT2D eigenvalue weighted by Gasteiger charge is 2.35. The van der Waals surface area contributed by atoms with Gasteiger partial charge in [-0.15, -0.1) is 0 Å². The summed E-state index contributed by atoms with van der Waals surface area (Å²) in [5, 5.41) is 7.46. The Morgan fingerprint density at radius 2 is 2.50 bits per heavy atom. The number of nitrogens with one attached hydrogen (secondary N) is 1. The van der Waals surface area contributed by atoms with E-state index in [-0.39, 0.29) is 17.8 Å². The van der Waals surface area contributed by atoms with Crippen LogP contribution in [0.5, 0.6) is 0 Å². The lowest BCUT2D eigenvalue weighted by Crippen LogP contribution is -2.22. The summed E-state index contributed by atoms with van der Waals surface area (Å²) in [6, 6.07) is 0. The SMILES string of the molecule is CCn1cc(C2CNCC2C(=O)OC)cn1. The number of hydrogen-bond donors (Lipinski definition) is 1. The molecule has 1 aliphatic heterocycles. The van der Waals surface area contributed by atoms with Crippen molar-refractivity contribution in [1.82, 2.24) is 15.1 Å². The van der Waals surface area contributed by atoms with Gasteiger partial charge in [0.25, 0.3) is 0 Å². The van der Waals surface area contributed by atoms with Crippen molar-refractivity contribution in [2.45, 2.75) is 19.4 Å². The zero-order valence-corrected chi connectivity index (χ0v) is 9.64. The summed E-state index contributed by atoms with van der Waals surface area (Å²) >= 11 is 0. The zero-order valence-electron chi connectivity index (χ0n) is 9.64. The van der Waals surface area contributed by atoms with Crippen molar-refractivity contribution in [3.63, 3.8) is 0 Å². The van der Waals surface area contributed by atoms with Gasteiger partial charge in [0.15, 0.2) is 0 Å². The Morgan fingerprint density at radius 3 is 3.12 bits per heavy atom. The predicted octanol–water partition coefficient (Wildman–Crippen LogP) is 0.379. The second-order valence-corrected chi connectivity index (χ2v) is 4.02. The van der Waals surface area contributed by atoms with Gasteiger partial charge in [-0.3, -0.25) is 9.48 Å². The summed E-state index contributed by atoms with van der Waals surface area (Å²) in [5.41, 5.74) is 1.11. The smallest absolute Gasteiger partial charge is 0.310 e. The Hall–Kier alpha value is -1.36. The van der Waals surface area contributed by atoms with Gasteiger partial charge in [-0.25, -0.2) is 0 Å². The van der Waals surface area contributed by atoms with Gasteiger partial charge >= 0.3 is 5.97 Å². The number of ether oxygens (including phenoxy) is 1. The number of esters is 1. The van der Waals surface area contributed by atoms with Gasteiger partial charge in [-0.05, 0) is 12.5 Å². The number of rotatable bonds is 3. The van der Waals surface area contributed by atoms with Crippen LogP contribution >= 0.6 is 0 Å². The van der Waals surface area contributed by atoms with Crippen LogP contribution in [-0.2, 0) is 16.1 Å². The highest BCUT2D eigenvalue weighted by atomic mass is 16.5. The number of aromatic nitrogens is 2. The molecule has 0 radical (unpaired) electrons. The normalized spacial score (nSPS) is 24.6. The topological polar surface area (TPSA) is 56.2 Å². The van der Waals surface area contributed by atoms with Crippen LogP contribution in [0.3, 0.4) is 0 Å². The summed E-state index contributed by atoms with van der Waals surface area (Å²) in [6.07, 6.45) is 3.85. The molecule has 5 nitrogen and oxygen atoms in total. The highest BCUT2D eigenvalue weighted by Crippen LogP contribution is 2.28. The van der Waals surface area contributed by atoms with Gasteiger partial charge in [-0.1, -0.05) is 0 Å². The zero-order chi connectivity index (χ0) is 11.5. The molecule has 0 aliphatic carbocycles. The number of carbonyl (C=O) groups excluding carboxylic acids is 1. The van der Waals surface area contributed by atoms with Crippen LogP contribution in [0.15, 0.2) is 12.4 Å². The molecule has 88 valence electrons. The maximum Gasteiger partial charge on any atom is 0.310 e. The molecular weight excluding hydrogens is 206 g/mol. The van der Waals surface area contributed by atoms with Crippen molar-refractivity contribution in [1.29, 1.82) is 0 Å². The molecule has 5 heteroatoms. The molecule has 16 heavy (non-hydrogen) atoms. The standard InChI is InChI=1S/C11H17N3O2/c1-3-14-7-8(4-13-14)9-5-12-6-10(9)11(15)16-2/h4,7,9-10,12H,3,5-6H2,1-2H3. The molecule has 1 aromatic rings. The van der Waals surface area contributed by atoms with Crippen molar-refractivity contribution in [3.8, 4) is 0 Å². The second-order valence-electron chi connectivity index (χ2n) is 4.02. The molecule has 1 N–H and O–H groups in total. The summed E-state index contributed by atoms with van der Waals surface area (Å²) in [5.74, 6) is -0.0356. The summed E-state index contributed by atoms with van der Waals surface area (Å²) in [7, 11) is 1.44. The van der Waals surface area contributed by atoms with E-state index in [9.17, 15) is 4.79 Å². The lowest BCUT2D eigenvalue weighted by atomic mass is 9.91. The summed E-state index contributed by atoms with van der Waals surface area (Å²) < 4.78 is 6.69. The third kappa shape index (κ3) is 1.95. The molecule has 0 spiro atoms. The van der Waals surface area contributed by atoms with Gasteiger partial charge in [-0.2, -0.15) is 5.10 Å². The van der Waals surface area contributed by atoms with Crippen molar-refractivity contribution in [3.05, 3.63) is 18.0 Å². The van der Waals surface area contributed by atoms with Crippen LogP contribution in [0.2, 0.25) is 0 Å². The summed E-state index contributed by atoms with van der Waals surface area (Å²) in [4.78, 5) is 11.6. The molecule has 2 rings (SSSR count). The van der Waals surface area contributed by atoms with Crippen molar-refractivity contribution in [2.75, 3.05) is 20.2 Å². The van der Waals surface area contributed by atoms with Crippen LogP contribution in [0.4, 0.5) is 0 Å². The first kappa shape index (κ1) is 11.1. The van der Waals surface area contributed by atoms with Crippen LogP contribution < -0.4 is 5.32 Å². The van der Waals surface area contributed by atoms with Gasteiger partial charge < -0.3 is 10.1 Å². The molecule has 1 saturated heterocycles. The van der Waals surface area contributed by atoms with E-state index >= 15 is 0 Å². The largest absolute Gasteiger partial charge is 0.469 e. The minimum absolute atomic E-state index is 0.0838. The first-order valence-corrected chi connectivity index (χ1v) is 5.57. The average molecular weight is 223 g/mol. The second kappa shape index (κ2) is 4.65. The minimum Gasteiger partial charge on any atom is -0.469 e.